The smallest absolute Gasteiger partial charge is 0.233 e. The van der Waals surface area contributed by atoms with Gasteiger partial charge in [-0.1, -0.05) is 11.8 Å². The van der Waals surface area contributed by atoms with E-state index in [-0.39, 0.29) is 11.8 Å². The lowest BCUT2D eigenvalue weighted by Gasteiger charge is -2.34. The highest BCUT2D eigenvalue weighted by molar-refractivity contribution is 7.99. The molecule has 2 heterocycles. The molecule has 0 bridgehead atoms. The molecule has 6 nitrogen and oxygen atoms in total. The summed E-state index contributed by atoms with van der Waals surface area (Å²) in [6, 6.07) is 1.74. The van der Waals surface area contributed by atoms with Gasteiger partial charge in [-0.25, -0.2) is 9.97 Å². The molecule has 1 saturated heterocycles. The van der Waals surface area contributed by atoms with Crippen molar-refractivity contribution in [3.05, 3.63) is 18.5 Å². The molecule has 0 saturated carbocycles. The van der Waals surface area contributed by atoms with Crippen molar-refractivity contribution in [3.8, 4) is 0 Å². The van der Waals surface area contributed by atoms with Crippen LogP contribution in [0.4, 0.5) is 0 Å². The summed E-state index contributed by atoms with van der Waals surface area (Å²) in [4.78, 5) is 34.8. The molecule has 2 rings (SSSR count). The Morgan fingerprint density at radius 3 is 2.32 bits per heavy atom. The Morgan fingerprint density at radius 1 is 1.16 bits per heavy atom. The van der Waals surface area contributed by atoms with Crippen molar-refractivity contribution in [1.82, 2.24) is 19.8 Å². The van der Waals surface area contributed by atoms with E-state index in [2.05, 4.69) is 9.97 Å². The summed E-state index contributed by atoms with van der Waals surface area (Å²) < 4.78 is 0. The predicted molar refractivity (Wildman–Crippen MR) is 71.6 cm³/mol. The topological polar surface area (TPSA) is 66.4 Å². The zero-order valence-electron chi connectivity index (χ0n) is 10.8. The zero-order valence-corrected chi connectivity index (χ0v) is 11.6. The molecule has 0 spiro atoms. The van der Waals surface area contributed by atoms with E-state index in [1.54, 1.807) is 35.2 Å². The highest BCUT2D eigenvalue weighted by Crippen LogP contribution is 2.13. The van der Waals surface area contributed by atoms with E-state index in [0.29, 0.717) is 37.1 Å². The molecule has 0 N–H and O–H groups in total. The van der Waals surface area contributed by atoms with Crippen molar-refractivity contribution < 1.29 is 9.59 Å². The molecule has 7 heteroatoms. The van der Waals surface area contributed by atoms with Crippen LogP contribution in [0.15, 0.2) is 23.6 Å². The van der Waals surface area contributed by atoms with Gasteiger partial charge in [-0.15, -0.1) is 0 Å². The Labute approximate surface area is 116 Å². The first-order valence-corrected chi connectivity index (χ1v) is 7.08. The van der Waals surface area contributed by atoms with E-state index >= 15 is 0 Å². The molecule has 0 unspecified atom stereocenters. The second-order valence-corrected chi connectivity index (χ2v) is 5.15. The van der Waals surface area contributed by atoms with Crippen LogP contribution in [0, 0.1) is 0 Å². The molecular weight excluding hydrogens is 264 g/mol. The lowest BCUT2D eigenvalue weighted by atomic mass is 10.3. The maximum absolute atomic E-state index is 12.0. The van der Waals surface area contributed by atoms with Gasteiger partial charge in [0.2, 0.25) is 11.8 Å². The van der Waals surface area contributed by atoms with Crippen LogP contribution in [0.5, 0.6) is 0 Å². The molecule has 102 valence electrons. The monoisotopic (exact) mass is 280 g/mol. The molecule has 1 aliphatic rings. The van der Waals surface area contributed by atoms with Crippen LogP contribution in [-0.2, 0) is 9.59 Å². The second kappa shape index (κ2) is 6.51. The zero-order chi connectivity index (χ0) is 13.7. The van der Waals surface area contributed by atoms with Gasteiger partial charge in [0.1, 0.15) is 0 Å². The average molecular weight is 280 g/mol. The fraction of sp³-hybridized carbons (Fsp3) is 0.500. The van der Waals surface area contributed by atoms with Crippen LogP contribution in [0.25, 0.3) is 0 Å². The van der Waals surface area contributed by atoms with Crippen molar-refractivity contribution >= 4 is 23.6 Å². The normalized spacial score (nSPS) is 15.4. The molecule has 0 aromatic carbocycles. The maximum atomic E-state index is 12.0. The van der Waals surface area contributed by atoms with E-state index in [1.807, 2.05) is 0 Å². The SMILES string of the molecule is CC(=O)N1CCN(C(=O)CSc2ncccn2)CC1. The van der Waals surface area contributed by atoms with Crippen LogP contribution >= 0.6 is 11.8 Å². The molecule has 1 aliphatic heterocycles. The minimum absolute atomic E-state index is 0.0687. The van der Waals surface area contributed by atoms with Crippen LogP contribution in [0.3, 0.4) is 0 Å². The molecule has 2 amide bonds. The summed E-state index contributed by atoms with van der Waals surface area (Å²) in [7, 11) is 0. The third kappa shape index (κ3) is 3.92. The molecule has 0 atom stereocenters. The number of hydrogen-bond acceptors (Lipinski definition) is 5. The summed E-state index contributed by atoms with van der Waals surface area (Å²) in [6.45, 7) is 4.00. The third-order valence-electron chi connectivity index (χ3n) is 2.94. The largest absolute Gasteiger partial charge is 0.339 e. The number of nitrogens with zero attached hydrogens (tertiary/aromatic N) is 4. The summed E-state index contributed by atoms with van der Waals surface area (Å²) in [6.07, 6.45) is 3.32. The average Bonchev–Trinajstić information content (AvgIpc) is 2.46. The number of rotatable bonds is 3. The highest BCUT2D eigenvalue weighted by atomic mass is 32.2. The van der Waals surface area contributed by atoms with Crippen molar-refractivity contribution in [2.24, 2.45) is 0 Å². The van der Waals surface area contributed by atoms with E-state index in [9.17, 15) is 9.59 Å². The third-order valence-corrected chi connectivity index (χ3v) is 3.80. The van der Waals surface area contributed by atoms with Crippen LogP contribution in [0.1, 0.15) is 6.92 Å². The first-order chi connectivity index (χ1) is 9.16. The van der Waals surface area contributed by atoms with Gasteiger partial charge in [-0.2, -0.15) is 0 Å². The minimum atomic E-state index is 0.0687. The molecule has 0 aliphatic carbocycles. The van der Waals surface area contributed by atoms with E-state index in [1.165, 1.54) is 11.8 Å². The van der Waals surface area contributed by atoms with Crippen molar-refractivity contribution in [3.63, 3.8) is 0 Å². The minimum Gasteiger partial charge on any atom is -0.339 e. The summed E-state index contributed by atoms with van der Waals surface area (Å²) in [5.74, 6) is 0.476. The Kier molecular flexibility index (Phi) is 4.73. The van der Waals surface area contributed by atoms with Gasteiger partial charge in [-0.3, -0.25) is 9.59 Å². The number of hydrogen-bond donors (Lipinski definition) is 0. The van der Waals surface area contributed by atoms with Gasteiger partial charge in [0.25, 0.3) is 0 Å². The molecule has 1 aromatic heterocycles. The number of amides is 2. The Morgan fingerprint density at radius 2 is 1.74 bits per heavy atom. The van der Waals surface area contributed by atoms with Crippen molar-refractivity contribution in [2.75, 3.05) is 31.9 Å². The standard InChI is InChI=1S/C12H16N4O2S/c1-10(17)15-5-7-16(8-6-15)11(18)9-19-12-13-3-2-4-14-12/h2-4H,5-9H2,1H3. The quantitative estimate of drug-likeness (QED) is 0.587. The lowest BCUT2D eigenvalue weighted by molar-refractivity contribution is -0.136. The summed E-state index contributed by atoms with van der Waals surface area (Å²) >= 11 is 1.34. The van der Waals surface area contributed by atoms with Crippen LogP contribution < -0.4 is 0 Å². The number of carbonyl (C=O) groups is 2. The maximum Gasteiger partial charge on any atom is 0.233 e. The molecule has 1 fully saturated rings. The van der Waals surface area contributed by atoms with Gasteiger partial charge >= 0.3 is 0 Å². The van der Waals surface area contributed by atoms with E-state index in [4.69, 9.17) is 0 Å². The number of aromatic nitrogens is 2. The fourth-order valence-electron chi connectivity index (χ4n) is 1.85. The van der Waals surface area contributed by atoms with Crippen molar-refractivity contribution in [1.29, 1.82) is 0 Å². The Bertz CT molecular complexity index is 446. The molecule has 19 heavy (non-hydrogen) atoms. The van der Waals surface area contributed by atoms with Crippen LogP contribution in [0.2, 0.25) is 0 Å². The fourth-order valence-corrected chi connectivity index (χ4v) is 2.55. The molecule has 0 radical (unpaired) electrons. The van der Waals surface area contributed by atoms with Gasteiger partial charge < -0.3 is 9.80 Å². The number of piperazine rings is 1. The summed E-state index contributed by atoms with van der Waals surface area (Å²) in [5, 5.41) is 0.609. The van der Waals surface area contributed by atoms with Gasteiger partial charge in [-0.05, 0) is 6.07 Å². The molecule has 1 aromatic rings. The first-order valence-electron chi connectivity index (χ1n) is 6.10. The Balaban J connectivity index is 1.77. The second-order valence-electron chi connectivity index (χ2n) is 4.21. The molecular formula is C12H16N4O2S. The first kappa shape index (κ1) is 13.8. The number of thioether (sulfide) groups is 1. The highest BCUT2D eigenvalue weighted by Gasteiger charge is 2.22. The van der Waals surface area contributed by atoms with Crippen molar-refractivity contribution in [2.45, 2.75) is 12.1 Å². The van der Waals surface area contributed by atoms with E-state index < -0.39 is 0 Å². The number of carbonyl (C=O) groups excluding carboxylic acids is 2. The Hall–Kier alpha value is -1.63. The van der Waals surface area contributed by atoms with Gasteiger partial charge in [0, 0.05) is 45.5 Å². The predicted octanol–water partition coefficient (Wildman–Crippen LogP) is 0.259. The van der Waals surface area contributed by atoms with Gasteiger partial charge in [0.05, 0.1) is 5.75 Å². The summed E-state index contributed by atoms with van der Waals surface area (Å²) in [5.41, 5.74) is 0. The van der Waals surface area contributed by atoms with Crippen LogP contribution in [-0.4, -0.2) is 63.5 Å². The van der Waals surface area contributed by atoms with Gasteiger partial charge in [0.15, 0.2) is 5.16 Å². The van der Waals surface area contributed by atoms with E-state index in [0.717, 1.165) is 0 Å². The lowest BCUT2D eigenvalue weighted by Crippen LogP contribution is -2.50.